The van der Waals surface area contributed by atoms with Crippen molar-refractivity contribution < 1.29 is 19.1 Å². The topological polar surface area (TPSA) is 91.6 Å². The number of carbonyl (C=O) groups excluding carboxylic acids is 1. The van der Waals surface area contributed by atoms with Gasteiger partial charge < -0.3 is 14.8 Å². The van der Waals surface area contributed by atoms with Crippen LogP contribution in [0.4, 0.5) is 5.69 Å². The second-order valence-electron chi connectivity index (χ2n) is 5.46. The number of furan rings is 1. The minimum Gasteiger partial charge on any atom is -0.478 e. The van der Waals surface area contributed by atoms with Gasteiger partial charge >= 0.3 is 5.97 Å². The molecule has 0 aliphatic heterocycles. The van der Waals surface area contributed by atoms with E-state index in [1.54, 1.807) is 19.1 Å². The first kappa shape index (κ1) is 17.9. The summed E-state index contributed by atoms with van der Waals surface area (Å²) in [6, 6.07) is 11.6. The van der Waals surface area contributed by atoms with Gasteiger partial charge in [0.05, 0.1) is 10.6 Å². The van der Waals surface area contributed by atoms with Crippen LogP contribution in [0.15, 0.2) is 46.9 Å². The van der Waals surface area contributed by atoms with Crippen LogP contribution >= 0.6 is 23.8 Å². The molecule has 1 heterocycles. The molecule has 6 nitrogen and oxygen atoms in total. The van der Waals surface area contributed by atoms with Crippen molar-refractivity contribution in [3.05, 3.63) is 64.4 Å². The summed E-state index contributed by atoms with van der Waals surface area (Å²) in [4.78, 5) is 23.5. The van der Waals surface area contributed by atoms with Crippen LogP contribution in [0.3, 0.4) is 0 Å². The third-order valence-electron chi connectivity index (χ3n) is 3.73. The van der Waals surface area contributed by atoms with Crippen LogP contribution in [0.1, 0.15) is 26.5 Å². The fourth-order valence-electron chi connectivity index (χ4n) is 2.48. The molecule has 1 amide bonds. The largest absolute Gasteiger partial charge is 0.478 e. The predicted octanol–water partition coefficient (Wildman–Crippen LogP) is 4.22. The molecule has 0 bridgehead atoms. The molecular formula is C18H13ClN2O4S. The van der Waals surface area contributed by atoms with E-state index in [1.807, 2.05) is 18.2 Å². The summed E-state index contributed by atoms with van der Waals surface area (Å²) < 4.78 is 5.58. The molecule has 0 fully saturated rings. The van der Waals surface area contributed by atoms with Gasteiger partial charge in [-0.25, -0.2) is 4.79 Å². The highest BCUT2D eigenvalue weighted by atomic mass is 35.5. The van der Waals surface area contributed by atoms with Gasteiger partial charge in [0, 0.05) is 16.6 Å². The summed E-state index contributed by atoms with van der Waals surface area (Å²) in [7, 11) is 0. The van der Waals surface area contributed by atoms with Gasteiger partial charge in [-0.1, -0.05) is 29.8 Å². The van der Waals surface area contributed by atoms with Crippen LogP contribution in [-0.4, -0.2) is 22.1 Å². The fourth-order valence-corrected chi connectivity index (χ4v) is 2.89. The minimum absolute atomic E-state index is 0.00789. The van der Waals surface area contributed by atoms with Crippen LogP contribution < -0.4 is 10.6 Å². The maximum absolute atomic E-state index is 12.4. The number of carbonyl (C=O) groups is 2. The molecule has 0 aliphatic carbocycles. The highest BCUT2D eigenvalue weighted by molar-refractivity contribution is 7.80. The summed E-state index contributed by atoms with van der Waals surface area (Å²) in [6.45, 7) is 1.79. The van der Waals surface area contributed by atoms with Gasteiger partial charge in [-0.2, -0.15) is 0 Å². The molecule has 0 unspecified atom stereocenters. The van der Waals surface area contributed by atoms with Crippen LogP contribution in [0.25, 0.3) is 11.0 Å². The van der Waals surface area contributed by atoms with Crippen LogP contribution in [0, 0.1) is 6.92 Å². The number of hydrogen-bond donors (Lipinski definition) is 3. The molecule has 3 rings (SSSR count). The average molecular weight is 389 g/mol. The number of hydrogen-bond acceptors (Lipinski definition) is 4. The van der Waals surface area contributed by atoms with Gasteiger partial charge in [0.25, 0.3) is 5.91 Å². The van der Waals surface area contributed by atoms with E-state index in [1.165, 1.54) is 12.1 Å². The minimum atomic E-state index is -1.16. The third kappa shape index (κ3) is 3.54. The molecule has 26 heavy (non-hydrogen) atoms. The van der Waals surface area contributed by atoms with E-state index in [9.17, 15) is 9.59 Å². The second kappa shape index (κ2) is 7.15. The molecule has 1 aromatic heterocycles. The third-order valence-corrected chi connectivity index (χ3v) is 4.27. The Hall–Kier alpha value is -2.90. The number of thiocarbonyl (C=S) groups is 1. The number of para-hydroxylation sites is 1. The summed E-state index contributed by atoms with van der Waals surface area (Å²) in [5.74, 6) is -1.49. The van der Waals surface area contributed by atoms with Gasteiger partial charge in [0.1, 0.15) is 5.58 Å². The molecule has 8 heteroatoms. The molecule has 3 N–H and O–H groups in total. The Kier molecular flexibility index (Phi) is 4.92. The summed E-state index contributed by atoms with van der Waals surface area (Å²) in [6.07, 6.45) is 0. The van der Waals surface area contributed by atoms with Gasteiger partial charge in [0.15, 0.2) is 10.9 Å². The first-order valence-electron chi connectivity index (χ1n) is 7.50. The van der Waals surface area contributed by atoms with Crippen molar-refractivity contribution in [2.75, 3.05) is 5.32 Å². The van der Waals surface area contributed by atoms with Crippen molar-refractivity contribution >= 4 is 57.5 Å². The maximum atomic E-state index is 12.4. The number of carboxylic acid groups (broad SMARTS) is 1. The van der Waals surface area contributed by atoms with Crippen molar-refractivity contribution in [3.8, 4) is 0 Å². The molecular weight excluding hydrogens is 376 g/mol. The van der Waals surface area contributed by atoms with Crippen molar-refractivity contribution in [2.45, 2.75) is 6.92 Å². The number of halogens is 1. The standard InChI is InChI=1S/C18H13ClN2O4S/c1-9-11-4-2-3-5-14(11)25-15(9)16(22)21-18(26)20-10-6-7-13(19)12(8-10)17(23)24/h2-8H,1H3,(H,23,24)(H2,20,21,22,26). The monoisotopic (exact) mass is 388 g/mol. The van der Waals surface area contributed by atoms with Crippen LogP contribution in [-0.2, 0) is 0 Å². The lowest BCUT2D eigenvalue weighted by Gasteiger charge is -2.10. The zero-order chi connectivity index (χ0) is 18.8. The predicted molar refractivity (Wildman–Crippen MR) is 103 cm³/mol. The molecule has 0 saturated heterocycles. The van der Waals surface area contributed by atoms with Crippen molar-refractivity contribution in [1.29, 1.82) is 0 Å². The van der Waals surface area contributed by atoms with Crippen LogP contribution in [0.2, 0.25) is 5.02 Å². The van der Waals surface area contributed by atoms with Crippen molar-refractivity contribution in [3.63, 3.8) is 0 Å². The number of benzene rings is 2. The molecule has 3 aromatic rings. The van der Waals surface area contributed by atoms with Gasteiger partial charge in [-0.15, -0.1) is 0 Å². The normalized spacial score (nSPS) is 10.5. The molecule has 0 saturated carbocycles. The van der Waals surface area contributed by atoms with E-state index in [-0.39, 0.29) is 21.5 Å². The van der Waals surface area contributed by atoms with E-state index >= 15 is 0 Å². The van der Waals surface area contributed by atoms with E-state index < -0.39 is 11.9 Å². The maximum Gasteiger partial charge on any atom is 0.337 e. The number of aryl methyl sites for hydroxylation is 1. The number of carboxylic acids is 1. The van der Waals surface area contributed by atoms with E-state index in [4.69, 9.17) is 33.3 Å². The number of fused-ring (bicyclic) bond motifs is 1. The lowest BCUT2D eigenvalue weighted by molar-refractivity contribution is 0.0697. The Morgan fingerprint density at radius 1 is 1.19 bits per heavy atom. The highest BCUT2D eigenvalue weighted by Gasteiger charge is 2.18. The van der Waals surface area contributed by atoms with Gasteiger partial charge in [-0.05, 0) is 43.4 Å². The van der Waals surface area contributed by atoms with E-state index in [2.05, 4.69) is 10.6 Å². The zero-order valence-corrected chi connectivity index (χ0v) is 15.1. The molecule has 0 spiro atoms. The number of anilines is 1. The molecule has 0 radical (unpaired) electrons. The summed E-state index contributed by atoms with van der Waals surface area (Å²) in [5, 5.41) is 15.3. The first-order chi connectivity index (χ1) is 12.4. The molecule has 0 aliphatic rings. The number of rotatable bonds is 3. The lowest BCUT2D eigenvalue weighted by atomic mass is 10.1. The Bertz CT molecular complexity index is 1040. The summed E-state index contributed by atoms with van der Waals surface area (Å²) >= 11 is 10.9. The Morgan fingerprint density at radius 3 is 2.62 bits per heavy atom. The average Bonchev–Trinajstić information content (AvgIpc) is 2.93. The Labute approximate surface area is 158 Å². The quantitative estimate of drug-likeness (QED) is 0.582. The second-order valence-corrected chi connectivity index (χ2v) is 6.28. The summed E-state index contributed by atoms with van der Waals surface area (Å²) in [5.41, 5.74) is 1.63. The van der Waals surface area contributed by atoms with Gasteiger partial charge in [0.2, 0.25) is 0 Å². The SMILES string of the molecule is Cc1c(C(=O)NC(=S)Nc2ccc(Cl)c(C(=O)O)c2)oc2ccccc12. The van der Waals surface area contributed by atoms with Crippen molar-refractivity contribution in [2.24, 2.45) is 0 Å². The zero-order valence-electron chi connectivity index (χ0n) is 13.5. The first-order valence-corrected chi connectivity index (χ1v) is 8.28. The van der Waals surface area contributed by atoms with E-state index in [0.717, 1.165) is 5.39 Å². The van der Waals surface area contributed by atoms with Crippen LogP contribution in [0.5, 0.6) is 0 Å². The Balaban J connectivity index is 1.75. The smallest absolute Gasteiger partial charge is 0.337 e. The number of amides is 1. The highest BCUT2D eigenvalue weighted by Crippen LogP contribution is 2.25. The lowest BCUT2D eigenvalue weighted by Crippen LogP contribution is -2.34. The molecule has 2 aromatic carbocycles. The molecule has 132 valence electrons. The molecule has 0 atom stereocenters. The van der Waals surface area contributed by atoms with Crippen molar-refractivity contribution in [1.82, 2.24) is 5.32 Å². The number of aromatic carboxylic acids is 1. The van der Waals surface area contributed by atoms with E-state index in [0.29, 0.717) is 16.8 Å². The fraction of sp³-hybridized carbons (Fsp3) is 0.0556. The van der Waals surface area contributed by atoms with Gasteiger partial charge in [-0.3, -0.25) is 10.1 Å². The Morgan fingerprint density at radius 2 is 1.92 bits per heavy atom. The number of nitrogens with one attached hydrogen (secondary N) is 2.